The lowest BCUT2D eigenvalue weighted by Gasteiger charge is -2.16. The van der Waals surface area contributed by atoms with E-state index in [1.165, 1.54) is 0 Å². The molecule has 0 spiro atoms. The van der Waals surface area contributed by atoms with Crippen molar-refractivity contribution in [3.8, 4) is 0 Å². The van der Waals surface area contributed by atoms with Gasteiger partial charge in [0.25, 0.3) is 0 Å². The summed E-state index contributed by atoms with van der Waals surface area (Å²) in [5.74, 6) is 0. The van der Waals surface area contributed by atoms with Crippen molar-refractivity contribution < 1.29 is 9.53 Å². The van der Waals surface area contributed by atoms with Gasteiger partial charge in [0.15, 0.2) is 0 Å². The van der Waals surface area contributed by atoms with E-state index in [-0.39, 0.29) is 5.41 Å². The predicted molar refractivity (Wildman–Crippen MR) is 53.8 cm³/mol. The summed E-state index contributed by atoms with van der Waals surface area (Å²) in [7, 11) is 1.71. The van der Waals surface area contributed by atoms with E-state index in [0.29, 0.717) is 0 Å². The van der Waals surface area contributed by atoms with Gasteiger partial charge in [-0.15, -0.1) is 0 Å². The number of rotatable bonds is 8. The fraction of sp³-hybridized carbons (Fsp3) is 0.900. The Morgan fingerprint density at radius 2 is 2.08 bits per heavy atom. The van der Waals surface area contributed by atoms with Crippen molar-refractivity contribution in [2.24, 2.45) is 5.41 Å². The Labute approximate surface area is 80.8 Å². The van der Waals surface area contributed by atoms with Gasteiger partial charge in [0.05, 0.1) is 0 Å². The number of carbonyl (C=O) groups excluding carboxylic acids is 1. The first-order valence-corrected chi connectivity index (χ1v) is 4.78. The van der Waals surface area contributed by atoms with Crippen LogP contribution >= 0.6 is 0 Å². The molecular weight excluding hydrogens is 166 g/mol. The zero-order valence-corrected chi connectivity index (χ0v) is 8.93. The monoisotopic (exact) mass is 187 g/mol. The summed E-state index contributed by atoms with van der Waals surface area (Å²) >= 11 is 0. The van der Waals surface area contributed by atoms with E-state index in [1.54, 1.807) is 7.11 Å². The van der Waals surface area contributed by atoms with Crippen molar-refractivity contribution in [3.05, 3.63) is 0 Å². The molecule has 0 rings (SSSR count). The third kappa shape index (κ3) is 7.94. The van der Waals surface area contributed by atoms with Gasteiger partial charge in [0.1, 0.15) is 6.29 Å². The fourth-order valence-electron chi connectivity index (χ4n) is 0.949. The highest BCUT2D eigenvalue weighted by Crippen LogP contribution is 2.07. The van der Waals surface area contributed by atoms with Crippen molar-refractivity contribution in [1.29, 1.82) is 0 Å². The summed E-state index contributed by atoms with van der Waals surface area (Å²) in [4.78, 5) is 10.5. The number of ether oxygens (including phenoxy) is 1. The second kappa shape index (κ2) is 7.04. The van der Waals surface area contributed by atoms with Crippen molar-refractivity contribution in [3.63, 3.8) is 0 Å². The molecule has 3 heteroatoms. The molecule has 0 aromatic rings. The molecule has 0 aliphatic rings. The first kappa shape index (κ1) is 12.6. The third-order valence-corrected chi connectivity index (χ3v) is 1.85. The highest BCUT2D eigenvalue weighted by atomic mass is 16.5. The predicted octanol–water partition coefficient (Wildman–Crippen LogP) is 1.23. The van der Waals surface area contributed by atoms with Crippen LogP contribution in [-0.4, -0.2) is 33.1 Å². The molecule has 0 saturated heterocycles. The maximum absolute atomic E-state index is 10.5. The molecule has 0 aromatic heterocycles. The van der Waals surface area contributed by atoms with Crippen molar-refractivity contribution in [2.45, 2.75) is 26.7 Å². The number of methoxy groups -OCH3 is 1. The number of unbranched alkanes of at least 4 members (excludes halogenated alkanes) is 1. The Kier molecular flexibility index (Phi) is 6.82. The summed E-state index contributed by atoms with van der Waals surface area (Å²) in [5, 5.41) is 3.25. The summed E-state index contributed by atoms with van der Waals surface area (Å²) < 4.78 is 4.93. The van der Waals surface area contributed by atoms with Crippen molar-refractivity contribution >= 4 is 6.29 Å². The summed E-state index contributed by atoms with van der Waals surface area (Å²) in [6.07, 6.45) is 3.17. The molecule has 0 atom stereocenters. The average molecular weight is 187 g/mol. The van der Waals surface area contributed by atoms with Gasteiger partial charge in [-0.05, 0) is 19.4 Å². The first-order valence-electron chi connectivity index (χ1n) is 4.78. The fourth-order valence-corrected chi connectivity index (χ4v) is 0.949. The lowest BCUT2D eigenvalue weighted by Crippen LogP contribution is -2.31. The van der Waals surface area contributed by atoms with Crippen molar-refractivity contribution in [2.75, 3.05) is 26.8 Å². The molecule has 1 N–H and O–H groups in total. The molecule has 0 aliphatic carbocycles. The first-order chi connectivity index (χ1) is 6.12. The number of hydrogen-bond acceptors (Lipinski definition) is 3. The Morgan fingerprint density at radius 3 is 2.62 bits per heavy atom. The van der Waals surface area contributed by atoms with Gasteiger partial charge in [0.2, 0.25) is 0 Å². The van der Waals surface area contributed by atoms with Gasteiger partial charge in [0, 0.05) is 25.7 Å². The SMILES string of the molecule is COCCCCNCC(C)(C)C=O. The molecule has 78 valence electrons. The highest BCUT2D eigenvalue weighted by Gasteiger charge is 2.14. The number of hydrogen-bond donors (Lipinski definition) is 1. The van der Waals surface area contributed by atoms with Crippen LogP contribution in [0.2, 0.25) is 0 Å². The number of carbonyl (C=O) groups is 1. The lowest BCUT2D eigenvalue weighted by atomic mass is 9.96. The second-order valence-electron chi connectivity index (χ2n) is 3.98. The molecule has 0 fully saturated rings. The molecule has 0 amide bonds. The van der Waals surface area contributed by atoms with Gasteiger partial charge in [-0.25, -0.2) is 0 Å². The molecule has 0 bridgehead atoms. The van der Waals surface area contributed by atoms with Gasteiger partial charge in [-0.1, -0.05) is 13.8 Å². The third-order valence-electron chi connectivity index (χ3n) is 1.85. The number of aldehydes is 1. The molecule has 13 heavy (non-hydrogen) atoms. The van der Waals surface area contributed by atoms with E-state index >= 15 is 0 Å². The molecule has 0 aliphatic heterocycles. The van der Waals surface area contributed by atoms with Crippen molar-refractivity contribution in [1.82, 2.24) is 5.32 Å². The van der Waals surface area contributed by atoms with Crippen LogP contribution in [-0.2, 0) is 9.53 Å². The summed E-state index contributed by atoms with van der Waals surface area (Å²) in [5.41, 5.74) is -0.235. The van der Waals surface area contributed by atoms with Crippen LogP contribution in [0.25, 0.3) is 0 Å². The minimum absolute atomic E-state index is 0.235. The Bertz CT molecular complexity index is 135. The van der Waals surface area contributed by atoms with Crippen LogP contribution in [0.1, 0.15) is 26.7 Å². The van der Waals surface area contributed by atoms with E-state index in [4.69, 9.17) is 4.74 Å². The van der Waals surface area contributed by atoms with Gasteiger partial charge < -0.3 is 14.8 Å². The van der Waals surface area contributed by atoms with Crippen LogP contribution in [0, 0.1) is 5.41 Å². The lowest BCUT2D eigenvalue weighted by molar-refractivity contribution is -0.114. The maximum Gasteiger partial charge on any atom is 0.126 e. The van der Waals surface area contributed by atoms with Gasteiger partial charge in [-0.3, -0.25) is 0 Å². The molecule has 3 nitrogen and oxygen atoms in total. The molecule has 0 saturated carbocycles. The van der Waals surface area contributed by atoms with Gasteiger partial charge >= 0.3 is 0 Å². The standard InChI is InChI=1S/C10H21NO2/c1-10(2,9-12)8-11-6-4-5-7-13-3/h9,11H,4-8H2,1-3H3. The van der Waals surface area contributed by atoms with Crippen LogP contribution < -0.4 is 5.32 Å². The van der Waals surface area contributed by atoms with Gasteiger partial charge in [-0.2, -0.15) is 0 Å². The minimum atomic E-state index is -0.235. The normalized spacial score (nSPS) is 11.6. The zero-order valence-electron chi connectivity index (χ0n) is 8.93. The second-order valence-corrected chi connectivity index (χ2v) is 3.98. The van der Waals surface area contributed by atoms with E-state index < -0.39 is 0 Å². The minimum Gasteiger partial charge on any atom is -0.385 e. The van der Waals surface area contributed by atoms with Crippen LogP contribution in [0.3, 0.4) is 0 Å². The molecule has 0 unspecified atom stereocenters. The molecule has 0 aromatic carbocycles. The topological polar surface area (TPSA) is 38.3 Å². The Balaban J connectivity index is 3.20. The number of nitrogens with one attached hydrogen (secondary N) is 1. The summed E-state index contributed by atoms with van der Waals surface area (Å²) in [6.45, 7) is 6.40. The quantitative estimate of drug-likeness (QED) is 0.459. The maximum atomic E-state index is 10.5. The smallest absolute Gasteiger partial charge is 0.126 e. The van der Waals surface area contributed by atoms with E-state index in [2.05, 4.69) is 5.32 Å². The molecule has 0 radical (unpaired) electrons. The molecular formula is C10H21NO2. The van der Waals surface area contributed by atoms with E-state index in [9.17, 15) is 4.79 Å². The molecule has 0 heterocycles. The van der Waals surface area contributed by atoms with E-state index in [0.717, 1.165) is 38.8 Å². The average Bonchev–Trinajstić information content (AvgIpc) is 2.11. The highest BCUT2D eigenvalue weighted by molar-refractivity contribution is 5.58. The summed E-state index contributed by atoms with van der Waals surface area (Å²) in [6, 6.07) is 0. The van der Waals surface area contributed by atoms with Crippen LogP contribution in [0.5, 0.6) is 0 Å². The van der Waals surface area contributed by atoms with Crippen LogP contribution in [0.4, 0.5) is 0 Å². The largest absolute Gasteiger partial charge is 0.385 e. The van der Waals surface area contributed by atoms with Crippen LogP contribution in [0.15, 0.2) is 0 Å². The Hall–Kier alpha value is -0.410. The van der Waals surface area contributed by atoms with E-state index in [1.807, 2.05) is 13.8 Å². The zero-order chi connectivity index (χ0) is 10.2. The Morgan fingerprint density at radius 1 is 1.38 bits per heavy atom.